The van der Waals surface area contributed by atoms with Crippen LogP contribution in [0.3, 0.4) is 0 Å². The highest BCUT2D eigenvalue weighted by atomic mass is 79.9. The topological polar surface area (TPSA) is 113 Å². The minimum Gasteiger partial charge on any atom is -0.438 e. The lowest BCUT2D eigenvalue weighted by atomic mass is 10.1. The highest BCUT2D eigenvalue weighted by Crippen LogP contribution is 2.41. The molecule has 0 radical (unpaired) electrons. The van der Waals surface area contributed by atoms with E-state index in [9.17, 15) is 13.3 Å². The van der Waals surface area contributed by atoms with Gasteiger partial charge >= 0.3 is 0 Å². The number of nitroso groups, excluding NO2 is 1. The molecule has 3 aromatic heterocycles. The molecule has 0 saturated carbocycles. The summed E-state index contributed by atoms with van der Waals surface area (Å²) in [7, 11) is -2.53. The van der Waals surface area contributed by atoms with Crippen LogP contribution in [0, 0.1) is 11.8 Å². The monoisotopic (exact) mass is 580 g/mol. The fourth-order valence-corrected chi connectivity index (χ4v) is 6.01. The molecule has 5 aromatic rings. The zero-order chi connectivity index (χ0) is 26.2. The molecular weight excluding hydrogens is 560 g/mol. The summed E-state index contributed by atoms with van der Waals surface area (Å²) >= 11 is 3.36. The molecule has 3 heterocycles. The van der Waals surface area contributed by atoms with Gasteiger partial charge in [0.2, 0.25) is 5.88 Å². The number of aryl methyl sites for hydroxylation is 1. The van der Waals surface area contributed by atoms with Gasteiger partial charge in [-0.05, 0) is 53.2 Å². The highest BCUT2D eigenvalue weighted by Gasteiger charge is 2.28. The molecule has 0 N–H and O–H groups in total. The molecule has 5 rings (SSSR count). The van der Waals surface area contributed by atoms with Gasteiger partial charge in [-0.3, -0.25) is 4.98 Å². The maximum absolute atomic E-state index is 14.0. The Bertz CT molecular complexity index is 1730. The molecule has 0 atom stereocenters. The van der Waals surface area contributed by atoms with Crippen LogP contribution in [0.15, 0.2) is 81.5 Å². The Balaban J connectivity index is 1.88. The highest BCUT2D eigenvalue weighted by molar-refractivity contribution is 9.10. The SMILES string of the molecule is COCc1c(CN=O)ncc2c1c1c(Oc3ccc(Br)cn3)cccc1n2S(=O)(=O)c1ccc(C)cc1. The van der Waals surface area contributed by atoms with E-state index in [-0.39, 0.29) is 18.0 Å². The van der Waals surface area contributed by atoms with Gasteiger partial charge in [0.15, 0.2) is 0 Å². The summed E-state index contributed by atoms with van der Waals surface area (Å²) in [5, 5.41) is 4.08. The van der Waals surface area contributed by atoms with Crippen molar-refractivity contribution >= 4 is 47.8 Å². The Morgan fingerprint density at radius 2 is 1.76 bits per heavy atom. The van der Waals surface area contributed by atoms with Crippen molar-refractivity contribution < 1.29 is 17.9 Å². The number of nitrogens with zero attached hydrogens (tertiary/aromatic N) is 4. The van der Waals surface area contributed by atoms with E-state index in [2.05, 4.69) is 31.1 Å². The van der Waals surface area contributed by atoms with Gasteiger partial charge in [0.25, 0.3) is 10.0 Å². The summed E-state index contributed by atoms with van der Waals surface area (Å²) in [6.07, 6.45) is 3.05. The average molecular weight is 581 g/mol. The van der Waals surface area contributed by atoms with E-state index in [1.807, 2.05) is 6.92 Å². The molecule has 188 valence electrons. The number of methoxy groups -OCH3 is 1. The lowest BCUT2D eigenvalue weighted by Gasteiger charge is -2.11. The molecule has 9 nitrogen and oxygen atoms in total. The zero-order valence-corrected chi connectivity index (χ0v) is 22.3. The van der Waals surface area contributed by atoms with Gasteiger partial charge in [0, 0.05) is 34.8 Å². The number of fused-ring (bicyclic) bond motifs is 3. The second-order valence-corrected chi connectivity index (χ2v) is 11.0. The van der Waals surface area contributed by atoms with Crippen molar-refractivity contribution in [2.45, 2.75) is 25.0 Å². The van der Waals surface area contributed by atoms with Crippen LogP contribution in [0.2, 0.25) is 0 Å². The molecule has 0 unspecified atom stereocenters. The van der Waals surface area contributed by atoms with Gasteiger partial charge in [-0.2, -0.15) is 4.91 Å². The van der Waals surface area contributed by atoms with Crippen molar-refractivity contribution in [3.63, 3.8) is 0 Å². The van der Waals surface area contributed by atoms with E-state index in [0.29, 0.717) is 44.7 Å². The van der Waals surface area contributed by atoms with Gasteiger partial charge in [0.1, 0.15) is 12.3 Å². The summed E-state index contributed by atoms with van der Waals surface area (Å²) in [5.41, 5.74) is 2.61. The van der Waals surface area contributed by atoms with Crippen LogP contribution in [-0.2, 0) is 27.9 Å². The molecule has 0 spiro atoms. The molecule has 11 heteroatoms. The van der Waals surface area contributed by atoms with Gasteiger partial charge in [-0.15, -0.1) is 0 Å². The molecule has 2 aromatic carbocycles. The summed E-state index contributed by atoms with van der Waals surface area (Å²) in [5.74, 6) is 0.721. The first-order chi connectivity index (χ1) is 17.8. The summed E-state index contributed by atoms with van der Waals surface area (Å²) < 4.78 is 41.6. The van der Waals surface area contributed by atoms with E-state index in [0.717, 1.165) is 10.0 Å². The maximum Gasteiger partial charge on any atom is 0.268 e. The van der Waals surface area contributed by atoms with Crippen molar-refractivity contribution in [3.05, 3.63) is 93.2 Å². The van der Waals surface area contributed by atoms with Crippen LogP contribution in [0.4, 0.5) is 0 Å². The second-order valence-electron chi connectivity index (χ2n) is 8.31. The van der Waals surface area contributed by atoms with Gasteiger partial charge < -0.3 is 9.47 Å². The Kier molecular flexibility index (Phi) is 6.76. The van der Waals surface area contributed by atoms with Crippen molar-refractivity contribution in [2.75, 3.05) is 7.11 Å². The maximum atomic E-state index is 14.0. The number of hydrogen-bond donors (Lipinski definition) is 0. The number of aromatic nitrogens is 3. The zero-order valence-electron chi connectivity index (χ0n) is 19.9. The van der Waals surface area contributed by atoms with Crippen LogP contribution < -0.4 is 4.74 Å². The molecule has 0 aliphatic carbocycles. The minimum atomic E-state index is -4.04. The molecule has 0 aliphatic heterocycles. The van der Waals surface area contributed by atoms with Crippen LogP contribution >= 0.6 is 15.9 Å². The third-order valence-corrected chi connectivity index (χ3v) is 8.13. The molecule has 37 heavy (non-hydrogen) atoms. The van der Waals surface area contributed by atoms with E-state index >= 15 is 0 Å². The van der Waals surface area contributed by atoms with E-state index in [1.54, 1.807) is 60.8 Å². The van der Waals surface area contributed by atoms with Crippen molar-refractivity contribution in [1.29, 1.82) is 0 Å². The van der Waals surface area contributed by atoms with Crippen molar-refractivity contribution in [2.24, 2.45) is 5.18 Å². The van der Waals surface area contributed by atoms with E-state index in [4.69, 9.17) is 9.47 Å². The third-order valence-electron chi connectivity index (χ3n) is 5.92. The molecule has 0 fully saturated rings. The predicted octanol–water partition coefficient (Wildman–Crippen LogP) is 6.10. The number of pyridine rings is 2. The quantitative estimate of drug-likeness (QED) is 0.204. The number of rotatable bonds is 8. The number of halogens is 1. The second kappa shape index (κ2) is 10.0. The number of hydrogen-bond acceptors (Lipinski definition) is 8. The first-order valence-electron chi connectivity index (χ1n) is 11.2. The number of ether oxygens (including phenoxy) is 2. The fraction of sp³-hybridized carbons (Fsp3) is 0.154. The van der Waals surface area contributed by atoms with Gasteiger partial charge in [-0.1, -0.05) is 28.9 Å². The first kappa shape index (κ1) is 25.0. The van der Waals surface area contributed by atoms with Crippen LogP contribution in [0.5, 0.6) is 11.6 Å². The summed E-state index contributed by atoms with van der Waals surface area (Å²) in [4.78, 5) is 20.0. The minimum absolute atomic E-state index is 0.0871. The Morgan fingerprint density at radius 1 is 0.973 bits per heavy atom. The average Bonchev–Trinajstić information content (AvgIpc) is 3.23. The lowest BCUT2D eigenvalue weighted by molar-refractivity contribution is 0.185. The Morgan fingerprint density at radius 3 is 2.43 bits per heavy atom. The molecule has 0 bridgehead atoms. The first-order valence-corrected chi connectivity index (χ1v) is 13.4. The Hall–Kier alpha value is -3.67. The Labute approximate surface area is 221 Å². The standard InChI is InChI=1S/C26H21BrN4O5S/c1-16-6-9-18(10-7-16)37(33,34)31-21-4-3-5-23(36-24-11-8-17(27)12-29-24)26(21)25-19(15-35-2)20(13-30-32)28-14-22(25)31/h3-12,14H,13,15H2,1-2H3. The molecule has 0 aliphatic rings. The van der Waals surface area contributed by atoms with E-state index < -0.39 is 10.0 Å². The van der Waals surface area contributed by atoms with Crippen molar-refractivity contribution in [3.8, 4) is 11.6 Å². The van der Waals surface area contributed by atoms with Crippen LogP contribution in [0.25, 0.3) is 21.8 Å². The van der Waals surface area contributed by atoms with Crippen LogP contribution in [0.1, 0.15) is 16.8 Å². The molecular formula is C26H21BrN4O5S. The number of benzene rings is 2. The summed E-state index contributed by atoms with van der Waals surface area (Å²) in [6, 6.07) is 15.3. The molecule has 0 saturated heterocycles. The normalized spacial score (nSPS) is 11.8. The third kappa shape index (κ3) is 4.50. The van der Waals surface area contributed by atoms with Crippen molar-refractivity contribution in [1.82, 2.24) is 13.9 Å². The van der Waals surface area contributed by atoms with Gasteiger partial charge in [0.05, 0.1) is 39.8 Å². The fourth-order valence-electron chi connectivity index (χ4n) is 4.28. The van der Waals surface area contributed by atoms with Gasteiger partial charge in [-0.25, -0.2) is 17.4 Å². The largest absolute Gasteiger partial charge is 0.438 e. The lowest BCUT2D eigenvalue weighted by Crippen LogP contribution is -2.13. The summed E-state index contributed by atoms with van der Waals surface area (Å²) in [6.45, 7) is 1.78. The molecule has 0 amide bonds. The van der Waals surface area contributed by atoms with Crippen LogP contribution in [-0.4, -0.2) is 29.5 Å². The smallest absolute Gasteiger partial charge is 0.268 e. The predicted molar refractivity (Wildman–Crippen MR) is 143 cm³/mol. The van der Waals surface area contributed by atoms with E-state index in [1.165, 1.54) is 17.3 Å².